The van der Waals surface area contributed by atoms with Gasteiger partial charge in [-0.3, -0.25) is 0 Å². The zero-order chi connectivity index (χ0) is 14.8. The first-order chi connectivity index (χ1) is 10.3. The number of aliphatic hydroxyl groups is 1. The number of ether oxygens (including phenoxy) is 1. The van der Waals surface area contributed by atoms with E-state index in [2.05, 4.69) is 10.6 Å². The summed E-state index contributed by atoms with van der Waals surface area (Å²) >= 11 is 0. The molecule has 0 aliphatic heterocycles. The van der Waals surface area contributed by atoms with Crippen LogP contribution in [0.25, 0.3) is 10.9 Å². The van der Waals surface area contributed by atoms with E-state index in [4.69, 9.17) is 9.84 Å². The molecule has 0 spiro atoms. The van der Waals surface area contributed by atoms with Crippen molar-refractivity contribution in [2.24, 2.45) is 0 Å². The van der Waals surface area contributed by atoms with Gasteiger partial charge in [-0.1, -0.05) is 12.1 Å². The molecule has 0 bridgehead atoms. The normalized spacial score (nSPS) is 14.2. The van der Waals surface area contributed by atoms with Gasteiger partial charge in [-0.25, -0.2) is 4.79 Å². The SMILES string of the molecule is COC(=O)c1cccc2c3c(n(CCCO)c12)CCCC3. The second kappa shape index (κ2) is 5.90. The molecule has 21 heavy (non-hydrogen) atoms. The van der Waals surface area contributed by atoms with E-state index < -0.39 is 0 Å². The fourth-order valence-corrected chi connectivity index (χ4v) is 3.44. The van der Waals surface area contributed by atoms with Gasteiger partial charge in [0.15, 0.2) is 0 Å². The Morgan fingerprint density at radius 3 is 2.90 bits per heavy atom. The number of esters is 1. The van der Waals surface area contributed by atoms with Gasteiger partial charge in [0.2, 0.25) is 0 Å². The van der Waals surface area contributed by atoms with E-state index in [1.165, 1.54) is 36.6 Å². The van der Waals surface area contributed by atoms with Gasteiger partial charge >= 0.3 is 5.97 Å². The Morgan fingerprint density at radius 1 is 1.33 bits per heavy atom. The molecule has 0 unspecified atom stereocenters. The van der Waals surface area contributed by atoms with E-state index in [1.807, 2.05) is 12.1 Å². The Labute approximate surface area is 124 Å². The summed E-state index contributed by atoms with van der Waals surface area (Å²) in [5, 5.41) is 10.3. The molecule has 1 aliphatic rings. The molecule has 0 saturated carbocycles. The molecule has 0 amide bonds. The number of para-hydroxylation sites is 1. The highest BCUT2D eigenvalue weighted by Crippen LogP contribution is 2.34. The van der Waals surface area contributed by atoms with E-state index in [0.29, 0.717) is 12.0 Å². The third kappa shape index (κ3) is 2.33. The molecule has 1 N–H and O–H groups in total. The summed E-state index contributed by atoms with van der Waals surface area (Å²) in [6.45, 7) is 0.908. The van der Waals surface area contributed by atoms with Crippen molar-refractivity contribution in [3.05, 3.63) is 35.0 Å². The Kier molecular flexibility index (Phi) is 3.97. The fourth-order valence-electron chi connectivity index (χ4n) is 3.44. The van der Waals surface area contributed by atoms with Crippen molar-refractivity contribution in [2.75, 3.05) is 13.7 Å². The number of hydrogen-bond donors (Lipinski definition) is 1. The molecule has 112 valence electrons. The Bertz CT molecular complexity index is 672. The second-order valence-corrected chi connectivity index (χ2v) is 5.55. The number of fused-ring (bicyclic) bond motifs is 3. The van der Waals surface area contributed by atoms with Crippen LogP contribution in [-0.2, 0) is 24.1 Å². The lowest BCUT2D eigenvalue weighted by Gasteiger charge is -2.16. The first-order valence-corrected chi connectivity index (χ1v) is 7.60. The third-order valence-electron chi connectivity index (χ3n) is 4.34. The van der Waals surface area contributed by atoms with Gasteiger partial charge in [-0.15, -0.1) is 0 Å². The van der Waals surface area contributed by atoms with Crippen molar-refractivity contribution >= 4 is 16.9 Å². The lowest BCUT2D eigenvalue weighted by atomic mass is 9.95. The summed E-state index contributed by atoms with van der Waals surface area (Å²) < 4.78 is 7.16. The van der Waals surface area contributed by atoms with Crippen LogP contribution in [0.2, 0.25) is 0 Å². The molecule has 4 nitrogen and oxygen atoms in total. The van der Waals surface area contributed by atoms with Crippen molar-refractivity contribution < 1.29 is 14.6 Å². The maximum Gasteiger partial charge on any atom is 0.340 e. The van der Waals surface area contributed by atoms with Gasteiger partial charge in [0.1, 0.15) is 0 Å². The van der Waals surface area contributed by atoms with Crippen LogP contribution in [0.15, 0.2) is 18.2 Å². The first-order valence-electron chi connectivity index (χ1n) is 7.60. The minimum Gasteiger partial charge on any atom is -0.465 e. The maximum atomic E-state index is 12.1. The number of aliphatic hydroxyl groups excluding tert-OH is 1. The predicted octanol–water partition coefficient (Wildman–Crippen LogP) is 2.69. The van der Waals surface area contributed by atoms with Crippen molar-refractivity contribution in [3.8, 4) is 0 Å². The summed E-state index contributed by atoms with van der Waals surface area (Å²) in [5.74, 6) is -0.291. The zero-order valence-corrected chi connectivity index (χ0v) is 12.4. The van der Waals surface area contributed by atoms with Crippen LogP contribution in [-0.4, -0.2) is 29.4 Å². The number of benzene rings is 1. The number of aryl methyl sites for hydroxylation is 2. The molecule has 1 aromatic heterocycles. The van der Waals surface area contributed by atoms with E-state index in [-0.39, 0.29) is 12.6 Å². The molecule has 1 aliphatic carbocycles. The monoisotopic (exact) mass is 287 g/mol. The first kappa shape index (κ1) is 14.1. The minimum atomic E-state index is -0.291. The van der Waals surface area contributed by atoms with Gasteiger partial charge in [0.25, 0.3) is 0 Å². The van der Waals surface area contributed by atoms with Crippen LogP contribution in [0.5, 0.6) is 0 Å². The van der Waals surface area contributed by atoms with Crippen LogP contribution >= 0.6 is 0 Å². The Balaban J connectivity index is 2.26. The summed E-state index contributed by atoms with van der Waals surface area (Å²) in [5.41, 5.74) is 4.31. The predicted molar refractivity (Wildman–Crippen MR) is 81.6 cm³/mol. The van der Waals surface area contributed by atoms with Gasteiger partial charge in [-0.2, -0.15) is 0 Å². The molecule has 0 atom stereocenters. The quantitative estimate of drug-likeness (QED) is 0.880. The van der Waals surface area contributed by atoms with E-state index in [0.717, 1.165) is 24.9 Å². The average molecular weight is 287 g/mol. The third-order valence-corrected chi connectivity index (χ3v) is 4.34. The average Bonchev–Trinajstić information content (AvgIpc) is 2.86. The number of nitrogens with zero attached hydrogens (tertiary/aromatic N) is 1. The molecule has 2 aromatic rings. The van der Waals surface area contributed by atoms with Crippen LogP contribution in [0.3, 0.4) is 0 Å². The molecule has 1 aromatic carbocycles. The number of hydrogen-bond acceptors (Lipinski definition) is 3. The summed E-state index contributed by atoms with van der Waals surface area (Å²) in [4.78, 5) is 12.1. The van der Waals surface area contributed by atoms with Crippen LogP contribution < -0.4 is 0 Å². The van der Waals surface area contributed by atoms with E-state index in [9.17, 15) is 4.79 Å². The molecule has 0 radical (unpaired) electrons. The molecule has 1 heterocycles. The lowest BCUT2D eigenvalue weighted by molar-refractivity contribution is 0.0602. The number of aromatic nitrogens is 1. The Hall–Kier alpha value is -1.81. The summed E-state index contributed by atoms with van der Waals surface area (Å²) in [6, 6.07) is 5.86. The van der Waals surface area contributed by atoms with Gasteiger partial charge < -0.3 is 14.4 Å². The van der Waals surface area contributed by atoms with Crippen molar-refractivity contribution in [1.29, 1.82) is 0 Å². The molecule has 0 saturated heterocycles. The topological polar surface area (TPSA) is 51.5 Å². The molecule has 3 rings (SSSR count). The fraction of sp³-hybridized carbons (Fsp3) is 0.471. The highest BCUT2D eigenvalue weighted by atomic mass is 16.5. The molecular formula is C17H21NO3. The van der Waals surface area contributed by atoms with Gasteiger partial charge in [0, 0.05) is 24.2 Å². The largest absolute Gasteiger partial charge is 0.465 e. The number of rotatable bonds is 4. The Morgan fingerprint density at radius 2 is 2.14 bits per heavy atom. The maximum absolute atomic E-state index is 12.1. The molecule has 4 heteroatoms. The highest BCUT2D eigenvalue weighted by molar-refractivity contribution is 6.04. The van der Waals surface area contributed by atoms with Gasteiger partial charge in [0.05, 0.1) is 18.2 Å². The van der Waals surface area contributed by atoms with E-state index >= 15 is 0 Å². The number of methoxy groups -OCH3 is 1. The smallest absolute Gasteiger partial charge is 0.340 e. The molecule has 0 fully saturated rings. The van der Waals surface area contributed by atoms with E-state index in [1.54, 1.807) is 0 Å². The van der Waals surface area contributed by atoms with Crippen LogP contribution in [0, 0.1) is 0 Å². The summed E-state index contributed by atoms with van der Waals surface area (Å²) in [6.07, 6.45) is 5.22. The molecular weight excluding hydrogens is 266 g/mol. The van der Waals surface area contributed by atoms with Crippen molar-refractivity contribution in [3.63, 3.8) is 0 Å². The second-order valence-electron chi connectivity index (χ2n) is 5.55. The van der Waals surface area contributed by atoms with Crippen molar-refractivity contribution in [2.45, 2.75) is 38.6 Å². The zero-order valence-electron chi connectivity index (χ0n) is 12.4. The number of carbonyl (C=O) groups excluding carboxylic acids is 1. The standard InChI is InChI=1S/C17H21NO3/c1-21-17(20)14-8-4-7-13-12-6-2-3-9-15(12)18(16(13)14)10-5-11-19/h4,7-8,19H,2-3,5-6,9-11H2,1H3. The minimum absolute atomic E-state index is 0.162. The highest BCUT2D eigenvalue weighted by Gasteiger charge is 2.23. The van der Waals surface area contributed by atoms with Crippen molar-refractivity contribution in [1.82, 2.24) is 4.57 Å². The lowest BCUT2D eigenvalue weighted by Crippen LogP contribution is -2.11. The van der Waals surface area contributed by atoms with Gasteiger partial charge in [-0.05, 0) is 43.7 Å². The van der Waals surface area contributed by atoms with Crippen LogP contribution in [0.1, 0.15) is 40.9 Å². The van der Waals surface area contributed by atoms with Crippen LogP contribution in [0.4, 0.5) is 0 Å². The summed E-state index contributed by atoms with van der Waals surface area (Å²) in [7, 11) is 1.42. The number of carbonyl (C=O) groups is 1.